The molecule has 0 spiro atoms. The van der Waals surface area contributed by atoms with Gasteiger partial charge in [0.2, 0.25) is 5.91 Å². The Bertz CT molecular complexity index is 1130. The first-order valence-corrected chi connectivity index (χ1v) is 12.8. The summed E-state index contributed by atoms with van der Waals surface area (Å²) in [6, 6.07) is 9.03. The molecule has 0 radical (unpaired) electrons. The van der Waals surface area contributed by atoms with E-state index in [0.717, 1.165) is 25.0 Å². The van der Waals surface area contributed by atoms with Gasteiger partial charge in [0.05, 0.1) is 4.90 Å². The summed E-state index contributed by atoms with van der Waals surface area (Å²) >= 11 is 0. The lowest BCUT2D eigenvalue weighted by molar-refractivity contribution is -0.136. The molecule has 1 unspecified atom stereocenters. The van der Waals surface area contributed by atoms with Gasteiger partial charge in [-0.15, -0.1) is 0 Å². The average molecular weight is 478 g/mol. The van der Waals surface area contributed by atoms with Crippen LogP contribution in [0.15, 0.2) is 47.4 Å². The van der Waals surface area contributed by atoms with Crippen LogP contribution in [-0.2, 0) is 19.4 Å². The molecule has 1 saturated carbocycles. The Labute approximate surface area is 193 Å². The minimum atomic E-state index is -4.07. The lowest BCUT2D eigenvalue weighted by atomic mass is 9.82. The highest BCUT2D eigenvalue weighted by Gasteiger charge is 2.52. The molecule has 1 N–H and O–H groups in total. The largest absolute Gasteiger partial charge is 0.396 e. The molecule has 1 atom stereocenters. The van der Waals surface area contributed by atoms with E-state index in [2.05, 4.69) is 0 Å². The zero-order chi connectivity index (χ0) is 23.8. The van der Waals surface area contributed by atoms with Gasteiger partial charge in [-0.2, -0.15) is 0 Å². The average Bonchev–Trinajstić information content (AvgIpc) is 3.28. The van der Waals surface area contributed by atoms with Crippen molar-refractivity contribution in [1.29, 1.82) is 0 Å². The first-order chi connectivity index (χ1) is 15.7. The molecule has 5 nitrogen and oxygen atoms in total. The fourth-order valence-corrected chi connectivity index (χ4v) is 7.21. The Hall–Kier alpha value is -2.32. The van der Waals surface area contributed by atoms with Crippen LogP contribution in [0.4, 0.5) is 8.78 Å². The second-order valence-corrected chi connectivity index (χ2v) is 11.6. The van der Waals surface area contributed by atoms with Crippen molar-refractivity contribution in [3.63, 3.8) is 0 Å². The van der Waals surface area contributed by atoms with E-state index in [-0.39, 0.29) is 48.8 Å². The molecule has 178 valence electrons. The van der Waals surface area contributed by atoms with Gasteiger partial charge >= 0.3 is 0 Å². The van der Waals surface area contributed by atoms with Gasteiger partial charge in [-0.05, 0) is 86.4 Å². The molecule has 2 aliphatic rings. The van der Waals surface area contributed by atoms with E-state index in [9.17, 15) is 27.1 Å². The third-order valence-electron chi connectivity index (χ3n) is 7.33. The quantitative estimate of drug-likeness (QED) is 0.662. The molecule has 0 bridgehead atoms. The van der Waals surface area contributed by atoms with Gasteiger partial charge in [0.25, 0.3) is 0 Å². The van der Waals surface area contributed by atoms with Crippen molar-refractivity contribution in [2.45, 2.75) is 48.7 Å². The Morgan fingerprint density at radius 3 is 2.36 bits per heavy atom. The maximum atomic E-state index is 14.5. The number of sulfone groups is 1. The molecule has 1 aliphatic heterocycles. The van der Waals surface area contributed by atoms with Crippen molar-refractivity contribution >= 4 is 15.7 Å². The summed E-state index contributed by atoms with van der Waals surface area (Å²) in [7, 11) is -4.07. The number of carbonyl (C=O) groups is 1. The van der Waals surface area contributed by atoms with Crippen molar-refractivity contribution < 1.29 is 27.1 Å². The lowest BCUT2D eigenvalue weighted by Crippen LogP contribution is -2.42. The highest BCUT2D eigenvalue weighted by atomic mass is 32.2. The summed E-state index contributed by atoms with van der Waals surface area (Å²) in [5, 5.41) is 9.36. The Morgan fingerprint density at radius 2 is 1.76 bits per heavy atom. The molecular formula is C25H29F2NO4S. The van der Waals surface area contributed by atoms with Gasteiger partial charge in [0, 0.05) is 25.6 Å². The fourth-order valence-electron chi connectivity index (χ4n) is 5.15. The number of likely N-dealkylation sites (tertiary alicyclic amines) is 1. The van der Waals surface area contributed by atoms with Crippen molar-refractivity contribution in [3.05, 3.63) is 65.2 Å². The predicted molar refractivity (Wildman–Crippen MR) is 120 cm³/mol. The number of aliphatic hydroxyl groups is 1. The molecule has 1 aliphatic carbocycles. The number of halogens is 2. The molecule has 8 heteroatoms. The second-order valence-electron chi connectivity index (χ2n) is 9.33. The molecule has 33 heavy (non-hydrogen) atoms. The van der Waals surface area contributed by atoms with Crippen LogP contribution in [0.3, 0.4) is 0 Å². The van der Waals surface area contributed by atoms with Crippen molar-refractivity contribution in [2.75, 3.05) is 19.7 Å². The molecule has 1 heterocycles. The van der Waals surface area contributed by atoms with Gasteiger partial charge in [-0.3, -0.25) is 4.79 Å². The van der Waals surface area contributed by atoms with E-state index in [1.165, 1.54) is 18.2 Å². The summed E-state index contributed by atoms with van der Waals surface area (Å²) in [5.41, 5.74) is 0.703. The highest BCUT2D eigenvalue weighted by Crippen LogP contribution is 2.44. The van der Waals surface area contributed by atoms with Crippen LogP contribution >= 0.6 is 0 Å². The molecule has 1 saturated heterocycles. The van der Waals surface area contributed by atoms with E-state index >= 15 is 0 Å². The first-order valence-electron chi connectivity index (χ1n) is 11.3. The van der Waals surface area contributed by atoms with E-state index in [0.29, 0.717) is 24.0 Å². The molecule has 1 amide bonds. The summed E-state index contributed by atoms with van der Waals surface area (Å²) in [4.78, 5) is 14.8. The number of benzene rings is 2. The summed E-state index contributed by atoms with van der Waals surface area (Å²) in [6.45, 7) is 1.89. The number of nitrogens with zero attached hydrogens (tertiary/aromatic N) is 1. The fraction of sp³-hybridized carbons (Fsp3) is 0.480. The Morgan fingerprint density at radius 1 is 1.09 bits per heavy atom. The van der Waals surface area contributed by atoms with Crippen LogP contribution < -0.4 is 0 Å². The van der Waals surface area contributed by atoms with Gasteiger partial charge in [-0.25, -0.2) is 17.2 Å². The topological polar surface area (TPSA) is 74.7 Å². The van der Waals surface area contributed by atoms with E-state index in [1.54, 1.807) is 24.0 Å². The molecule has 2 aromatic carbocycles. The van der Waals surface area contributed by atoms with Gasteiger partial charge in [-0.1, -0.05) is 12.1 Å². The van der Waals surface area contributed by atoms with E-state index in [1.807, 2.05) is 0 Å². The Kier molecular flexibility index (Phi) is 6.60. The van der Waals surface area contributed by atoms with Crippen LogP contribution in [0.2, 0.25) is 0 Å². The third kappa shape index (κ3) is 4.30. The molecule has 0 aromatic heterocycles. The predicted octanol–water partition coefficient (Wildman–Crippen LogP) is 3.97. The first kappa shape index (κ1) is 23.8. The Balaban J connectivity index is 1.70. The molecule has 2 fully saturated rings. The normalized spacial score (nSPS) is 25.9. The number of aryl methyl sites for hydroxylation is 1. The molecule has 2 aromatic rings. The summed E-state index contributed by atoms with van der Waals surface area (Å²) < 4.78 is 54.2. The molecular weight excluding hydrogens is 448 g/mol. The van der Waals surface area contributed by atoms with Gasteiger partial charge in [0.15, 0.2) is 9.84 Å². The lowest BCUT2D eigenvalue weighted by Gasteiger charge is -2.32. The number of hydrogen-bond acceptors (Lipinski definition) is 4. The van der Waals surface area contributed by atoms with Crippen molar-refractivity contribution in [3.8, 4) is 0 Å². The van der Waals surface area contributed by atoms with Crippen molar-refractivity contribution in [2.24, 2.45) is 11.8 Å². The maximum absolute atomic E-state index is 14.5. The second kappa shape index (κ2) is 9.14. The maximum Gasteiger partial charge on any atom is 0.225 e. The zero-order valence-electron chi connectivity index (χ0n) is 18.6. The summed E-state index contributed by atoms with van der Waals surface area (Å²) in [5.74, 6) is -1.14. The molecule has 4 rings (SSSR count). The van der Waals surface area contributed by atoms with Crippen LogP contribution in [0, 0.1) is 30.4 Å². The monoisotopic (exact) mass is 477 g/mol. The van der Waals surface area contributed by atoms with Crippen LogP contribution in [0.25, 0.3) is 0 Å². The van der Waals surface area contributed by atoms with Crippen molar-refractivity contribution in [1.82, 2.24) is 4.90 Å². The van der Waals surface area contributed by atoms with Gasteiger partial charge in [0.1, 0.15) is 16.4 Å². The number of carbonyl (C=O) groups excluding carboxylic acids is 1. The minimum Gasteiger partial charge on any atom is -0.396 e. The van der Waals surface area contributed by atoms with Gasteiger partial charge < -0.3 is 10.0 Å². The number of aliphatic hydroxyl groups excluding tert-OH is 1. The standard InChI is InChI=1S/C25H29F2NO4S/c1-17-2-7-20(14-23(17)27)25(33(31,32)22-10-8-21(26)9-11-22)12-13-28(16-25)24(30)19-5-3-18(15-29)4-6-19/h2,7-11,14,18-19,29H,3-6,12-13,15-16H2,1H3. The SMILES string of the molecule is Cc1ccc(C2(S(=O)(=O)c3ccc(F)cc3)CCN(C(=O)C3CCC(CO)CC3)C2)cc1F. The van der Waals surface area contributed by atoms with E-state index in [4.69, 9.17) is 0 Å². The zero-order valence-corrected chi connectivity index (χ0v) is 19.5. The smallest absolute Gasteiger partial charge is 0.225 e. The highest BCUT2D eigenvalue weighted by molar-refractivity contribution is 7.92. The minimum absolute atomic E-state index is 0.0531. The number of hydrogen-bond donors (Lipinski definition) is 1. The van der Waals surface area contributed by atoms with E-state index < -0.39 is 26.2 Å². The van der Waals surface area contributed by atoms with Crippen LogP contribution in [0.5, 0.6) is 0 Å². The number of amides is 1. The summed E-state index contributed by atoms with van der Waals surface area (Å²) in [6.07, 6.45) is 2.99. The number of rotatable bonds is 5. The third-order valence-corrected chi connectivity index (χ3v) is 9.82. The van der Waals surface area contributed by atoms with Crippen LogP contribution in [-0.4, -0.2) is 44.0 Å². The van der Waals surface area contributed by atoms with Crippen LogP contribution in [0.1, 0.15) is 43.2 Å².